The third kappa shape index (κ3) is 6.56. The summed E-state index contributed by atoms with van der Waals surface area (Å²) in [6.45, 7) is 2.80. The van der Waals surface area contributed by atoms with E-state index in [4.69, 9.17) is 11.6 Å². The van der Waals surface area contributed by atoms with Gasteiger partial charge in [0.2, 0.25) is 5.91 Å². The maximum absolute atomic E-state index is 13.5. The first-order valence-corrected chi connectivity index (χ1v) is 13.7. The Morgan fingerprint density at radius 1 is 0.667 bits per heavy atom. The summed E-state index contributed by atoms with van der Waals surface area (Å²) >= 11 is 6.26. The molecular weight excluding hydrogens is 506 g/mol. The SMILES string of the molecule is O=C(NC(CC(=O)N1CCN(C(c2ccccc2)c2ccccc2)CC1)c1ccccc1)c1ccccc1Cl. The molecule has 2 amide bonds. The quantitative estimate of drug-likeness (QED) is 0.294. The Hall–Kier alpha value is -3.93. The van der Waals surface area contributed by atoms with E-state index in [0.717, 1.165) is 18.7 Å². The largest absolute Gasteiger partial charge is 0.345 e. The first kappa shape index (κ1) is 26.7. The number of carbonyl (C=O) groups excluding carboxylic acids is 2. The molecule has 4 aromatic rings. The first-order valence-electron chi connectivity index (χ1n) is 13.3. The van der Waals surface area contributed by atoms with Crippen LogP contribution in [0.5, 0.6) is 0 Å². The molecule has 0 spiro atoms. The van der Waals surface area contributed by atoms with E-state index in [2.05, 4.69) is 58.7 Å². The molecule has 0 aliphatic carbocycles. The fourth-order valence-electron chi connectivity index (χ4n) is 5.24. The van der Waals surface area contributed by atoms with Crippen molar-refractivity contribution in [3.05, 3.63) is 143 Å². The van der Waals surface area contributed by atoms with E-state index >= 15 is 0 Å². The Kier molecular flexibility index (Phi) is 8.71. The summed E-state index contributed by atoms with van der Waals surface area (Å²) in [5, 5.41) is 3.43. The van der Waals surface area contributed by atoms with E-state index < -0.39 is 6.04 Å². The highest BCUT2D eigenvalue weighted by Gasteiger charge is 2.30. The average molecular weight is 538 g/mol. The Morgan fingerprint density at radius 2 is 1.15 bits per heavy atom. The number of carbonyl (C=O) groups is 2. The lowest BCUT2D eigenvalue weighted by atomic mass is 9.96. The van der Waals surface area contributed by atoms with Crippen molar-refractivity contribution < 1.29 is 9.59 Å². The van der Waals surface area contributed by atoms with Gasteiger partial charge in [0.05, 0.1) is 29.1 Å². The van der Waals surface area contributed by atoms with Gasteiger partial charge >= 0.3 is 0 Å². The zero-order chi connectivity index (χ0) is 27.0. The Balaban J connectivity index is 1.28. The fourth-order valence-corrected chi connectivity index (χ4v) is 5.46. The predicted molar refractivity (Wildman–Crippen MR) is 156 cm³/mol. The minimum Gasteiger partial charge on any atom is -0.345 e. The highest BCUT2D eigenvalue weighted by Crippen LogP contribution is 2.30. The number of rotatable bonds is 8. The van der Waals surface area contributed by atoms with Gasteiger partial charge in [0, 0.05) is 26.2 Å². The Morgan fingerprint density at radius 3 is 1.69 bits per heavy atom. The number of piperazine rings is 1. The zero-order valence-corrected chi connectivity index (χ0v) is 22.5. The number of benzene rings is 4. The molecule has 1 heterocycles. The van der Waals surface area contributed by atoms with Gasteiger partial charge < -0.3 is 10.2 Å². The minimum absolute atomic E-state index is 0.0268. The van der Waals surface area contributed by atoms with Crippen molar-refractivity contribution in [2.45, 2.75) is 18.5 Å². The van der Waals surface area contributed by atoms with E-state index in [1.165, 1.54) is 11.1 Å². The number of hydrogen-bond donors (Lipinski definition) is 1. The molecule has 5 rings (SSSR count). The van der Waals surface area contributed by atoms with Crippen molar-refractivity contribution in [3.8, 4) is 0 Å². The highest BCUT2D eigenvalue weighted by molar-refractivity contribution is 6.33. The maximum Gasteiger partial charge on any atom is 0.253 e. The maximum atomic E-state index is 13.5. The van der Waals surface area contributed by atoms with Crippen LogP contribution in [0.4, 0.5) is 0 Å². The van der Waals surface area contributed by atoms with Gasteiger partial charge in [0.1, 0.15) is 0 Å². The van der Waals surface area contributed by atoms with Gasteiger partial charge in [-0.3, -0.25) is 14.5 Å². The second-order valence-corrected chi connectivity index (χ2v) is 10.2. The molecule has 0 aromatic heterocycles. The molecule has 198 valence electrons. The molecule has 39 heavy (non-hydrogen) atoms. The van der Waals surface area contributed by atoms with Gasteiger partial charge in [-0.2, -0.15) is 0 Å². The van der Waals surface area contributed by atoms with Crippen LogP contribution in [-0.2, 0) is 4.79 Å². The van der Waals surface area contributed by atoms with E-state index in [9.17, 15) is 9.59 Å². The molecule has 1 fully saturated rings. The lowest BCUT2D eigenvalue weighted by Gasteiger charge is -2.40. The lowest BCUT2D eigenvalue weighted by Crippen LogP contribution is -2.50. The normalized spacial score (nSPS) is 14.7. The van der Waals surface area contributed by atoms with Crippen LogP contribution in [0.2, 0.25) is 5.02 Å². The van der Waals surface area contributed by atoms with Crippen molar-refractivity contribution in [1.82, 2.24) is 15.1 Å². The molecule has 1 unspecified atom stereocenters. The molecule has 1 aliphatic rings. The number of nitrogens with one attached hydrogen (secondary N) is 1. The monoisotopic (exact) mass is 537 g/mol. The van der Waals surface area contributed by atoms with Crippen LogP contribution in [0, 0.1) is 0 Å². The molecule has 1 aliphatic heterocycles. The van der Waals surface area contributed by atoms with Gasteiger partial charge in [-0.25, -0.2) is 0 Å². The van der Waals surface area contributed by atoms with E-state index in [1.807, 2.05) is 47.4 Å². The third-order valence-electron chi connectivity index (χ3n) is 7.27. The molecule has 5 nitrogen and oxygen atoms in total. The van der Waals surface area contributed by atoms with Crippen LogP contribution < -0.4 is 5.32 Å². The standard InChI is InChI=1S/C33H32ClN3O2/c34-29-19-11-10-18-28(29)33(39)35-30(25-12-4-1-5-13-25)24-31(38)36-20-22-37(23-21-36)32(26-14-6-2-7-15-26)27-16-8-3-9-17-27/h1-19,30,32H,20-24H2,(H,35,39). The molecule has 1 saturated heterocycles. The van der Waals surface area contributed by atoms with Crippen molar-refractivity contribution in [1.29, 1.82) is 0 Å². The topological polar surface area (TPSA) is 52.7 Å². The van der Waals surface area contributed by atoms with Gasteiger partial charge in [-0.1, -0.05) is 115 Å². The van der Waals surface area contributed by atoms with Gasteiger partial charge in [0.15, 0.2) is 0 Å². The molecule has 4 aromatic carbocycles. The summed E-state index contributed by atoms with van der Waals surface area (Å²) in [4.78, 5) is 30.9. The van der Waals surface area contributed by atoms with Crippen molar-refractivity contribution >= 4 is 23.4 Å². The van der Waals surface area contributed by atoms with Crippen molar-refractivity contribution in [2.24, 2.45) is 0 Å². The van der Waals surface area contributed by atoms with Crippen LogP contribution in [0.15, 0.2) is 115 Å². The molecule has 1 atom stereocenters. The first-order chi connectivity index (χ1) is 19.1. The number of hydrogen-bond acceptors (Lipinski definition) is 3. The molecule has 0 saturated carbocycles. The molecule has 6 heteroatoms. The summed E-state index contributed by atoms with van der Waals surface area (Å²) < 4.78 is 0. The second-order valence-electron chi connectivity index (χ2n) is 9.76. The third-order valence-corrected chi connectivity index (χ3v) is 7.60. The van der Waals surface area contributed by atoms with Gasteiger partial charge in [0.25, 0.3) is 5.91 Å². The predicted octanol–water partition coefficient (Wildman–Crippen LogP) is 6.14. The smallest absolute Gasteiger partial charge is 0.253 e. The van der Waals surface area contributed by atoms with Crippen molar-refractivity contribution in [2.75, 3.05) is 26.2 Å². The van der Waals surface area contributed by atoms with E-state index in [0.29, 0.717) is 23.7 Å². The van der Waals surface area contributed by atoms with Gasteiger partial charge in [-0.15, -0.1) is 0 Å². The lowest BCUT2D eigenvalue weighted by molar-refractivity contribution is -0.133. The summed E-state index contributed by atoms with van der Waals surface area (Å²) in [7, 11) is 0. The average Bonchev–Trinajstić information content (AvgIpc) is 2.99. The molecule has 1 N–H and O–H groups in total. The van der Waals surface area contributed by atoms with Crippen molar-refractivity contribution in [3.63, 3.8) is 0 Å². The Labute approximate surface area is 235 Å². The number of amides is 2. The second kappa shape index (κ2) is 12.7. The summed E-state index contributed by atoms with van der Waals surface area (Å²) in [6.07, 6.45) is 0.182. The van der Waals surface area contributed by atoms with E-state index in [-0.39, 0.29) is 24.3 Å². The van der Waals surface area contributed by atoms with Crippen LogP contribution in [0.3, 0.4) is 0 Å². The summed E-state index contributed by atoms with van der Waals surface area (Å²) in [6, 6.07) is 37.3. The Bertz CT molecular complexity index is 1330. The molecular formula is C33H32ClN3O2. The zero-order valence-electron chi connectivity index (χ0n) is 21.7. The summed E-state index contributed by atoms with van der Waals surface area (Å²) in [5.74, 6) is -0.264. The van der Waals surface area contributed by atoms with Crippen LogP contribution in [0.25, 0.3) is 0 Å². The van der Waals surface area contributed by atoms with Crippen LogP contribution >= 0.6 is 11.6 Å². The van der Waals surface area contributed by atoms with E-state index in [1.54, 1.807) is 24.3 Å². The summed E-state index contributed by atoms with van der Waals surface area (Å²) in [5.41, 5.74) is 3.77. The fraction of sp³-hybridized carbons (Fsp3) is 0.212. The molecule has 0 bridgehead atoms. The minimum atomic E-state index is -0.457. The van der Waals surface area contributed by atoms with Gasteiger partial charge in [-0.05, 0) is 28.8 Å². The number of halogens is 1. The highest BCUT2D eigenvalue weighted by atomic mass is 35.5. The molecule has 0 radical (unpaired) electrons. The van der Waals surface area contributed by atoms with Crippen LogP contribution in [0.1, 0.15) is 45.6 Å². The van der Waals surface area contributed by atoms with Crippen LogP contribution in [-0.4, -0.2) is 47.8 Å². The number of nitrogens with zero attached hydrogens (tertiary/aromatic N) is 2.